The van der Waals surface area contributed by atoms with Gasteiger partial charge in [-0.3, -0.25) is 9.59 Å². The van der Waals surface area contributed by atoms with Crippen LogP contribution < -0.4 is 5.73 Å². The van der Waals surface area contributed by atoms with Crippen LogP contribution in [0, 0.1) is 0 Å². The highest BCUT2D eigenvalue weighted by molar-refractivity contribution is 6.74. The van der Waals surface area contributed by atoms with Gasteiger partial charge in [-0.1, -0.05) is 41.5 Å². The molecule has 0 aliphatic rings. The predicted molar refractivity (Wildman–Crippen MR) is 125 cm³/mol. The van der Waals surface area contributed by atoms with Crippen LogP contribution in [0.25, 0.3) is 0 Å². The van der Waals surface area contributed by atoms with Crippen molar-refractivity contribution in [1.29, 1.82) is 0 Å². The molecule has 0 spiro atoms. The lowest BCUT2D eigenvalue weighted by atomic mass is 10.2. The zero-order valence-corrected chi connectivity index (χ0v) is 22.8. The Hall–Kier alpha value is -0.746. The molecule has 0 aromatic carbocycles. The number of carbonyl (C=O) groups excluding carboxylic acids is 2. The summed E-state index contributed by atoms with van der Waals surface area (Å²) in [4.78, 5) is 23.9. The van der Waals surface area contributed by atoms with Crippen molar-refractivity contribution < 1.29 is 27.9 Å². The number of nitrogens with two attached hydrogens (primary N) is 1. The first-order valence-corrected chi connectivity index (χ1v) is 16.6. The second kappa shape index (κ2) is 11.8. The molecule has 0 saturated carbocycles. The summed E-state index contributed by atoms with van der Waals surface area (Å²) >= 11 is 0. The van der Waals surface area contributed by atoms with E-state index in [0.29, 0.717) is 0 Å². The van der Waals surface area contributed by atoms with Gasteiger partial charge in [0.05, 0.1) is 26.1 Å². The van der Waals surface area contributed by atoms with Gasteiger partial charge in [-0.05, 0) is 36.3 Å². The quantitative estimate of drug-likeness (QED) is 0.342. The number of ether oxygens (including phenoxy) is 2. The van der Waals surface area contributed by atoms with Gasteiger partial charge < -0.3 is 24.1 Å². The minimum atomic E-state index is -2.00. The molecule has 0 radical (unpaired) electrons. The minimum Gasteiger partial charge on any atom is -0.464 e. The molecule has 0 aliphatic heterocycles. The number of rotatable bonds is 12. The average Bonchev–Trinajstić information content (AvgIpc) is 2.58. The molecule has 0 aromatic rings. The number of hydrogen-bond acceptors (Lipinski definition) is 7. The predicted octanol–water partition coefficient (Wildman–Crippen LogP) is 4.22. The second-order valence-corrected chi connectivity index (χ2v) is 20.4. The number of hydrogen-bond donors (Lipinski definition) is 1. The molecule has 0 rings (SSSR count). The van der Waals surface area contributed by atoms with E-state index in [2.05, 4.69) is 67.7 Å². The minimum absolute atomic E-state index is 0.0300. The molecular formula is C21H45NO6Si2. The van der Waals surface area contributed by atoms with Gasteiger partial charge in [-0.15, -0.1) is 0 Å². The summed E-state index contributed by atoms with van der Waals surface area (Å²) in [5, 5.41) is 0.100. The zero-order valence-electron chi connectivity index (χ0n) is 20.8. The third kappa shape index (κ3) is 10.5. The van der Waals surface area contributed by atoms with Crippen molar-refractivity contribution in [3.05, 3.63) is 0 Å². The number of esters is 2. The van der Waals surface area contributed by atoms with Crippen molar-refractivity contribution in [2.24, 2.45) is 5.73 Å². The summed E-state index contributed by atoms with van der Waals surface area (Å²) in [5.74, 6) is -0.911. The van der Waals surface area contributed by atoms with E-state index in [1.807, 2.05) is 0 Å². The first-order chi connectivity index (χ1) is 13.4. The molecule has 2 N–H and O–H groups in total. The Morgan fingerprint density at radius 1 is 0.800 bits per heavy atom. The van der Waals surface area contributed by atoms with Gasteiger partial charge in [0, 0.05) is 6.54 Å². The van der Waals surface area contributed by atoms with E-state index in [1.54, 1.807) is 0 Å². The van der Waals surface area contributed by atoms with E-state index < -0.39 is 34.7 Å². The monoisotopic (exact) mass is 463 g/mol. The maximum Gasteiger partial charge on any atom is 0.306 e. The van der Waals surface area contributed by atoms with Crippen LogP contribution in [0.4, 0.5) is 0 Å². The van der Waals surface area contributed by atoms with E-state index in [-0.39, 0.29) is 49.3 Å². The standard InChI is InChI=1S/C21H45NO6Si2/c1-20(2,3)29(7,8)26-15-17(16-27-30(9,10)21(4,5)6)28-19(24)12-11-18(23)25-14-13-22/h17H,11-16,22H2,1-10H3. The SMILES string of the molecule is CC(C)(C)[Si](C)(C)OCC(CO[Si](C)(C)C(C)(C)C)OC(=O)CCC(=O)OCCN. The van der Waals surface area contributed by atoms with Gasteiger partial charge >= 0.3 is 11.9 Å². The molecule has 0 heterocycles. The van der Waals surface area contributed by atoms with Crippen LogP contribution in [0.1, 0.15) is 54.4 Å². The molecule has 0 aliphatic carbocycles. The molecule has 0 bridgehead atoms. The Morgan fingerprint density at radius 3 is 1.57 bits per heavy atom. The average molecular weight is 464 g/mol. The van der Waals surface area contributed by atoms with Crippen LogP contribution in [-0.2, 0) is 27.9 Å². The summed E-state index contributed by atoms with van der Waals surface area (Å²) in [6.45, 7) is 22.6. The van der Waals surface area contributed by atoms with Crippen molar-refractivity contribution in [3.8, 4) is 0 Å². The zero-order chi connectivity index (χ0) is 23.8. The normalized spacial score (nSPS) is 13.5. The first kappa shape index (κ1) is 29.3. The topological polar surface area (TPSA) is 97.1 Å². The highest BCUT2D eigenvalue weighted by Gasteiger charge is 2.40. The Bertz CT molecular complexity index is 523. The lowest BCUT2D eigenvalue weighted by Crippen LogP contribution is -2.46. The van der Waals surface area contributed by atoms with Crippen molar-refractivity contribution in [2.75, 3.05) is 26.4 Å². The van der Waals surface area contributed by atoms with Gasteiger partial charge in [0.15, 0.2) is 16.6 Å². The summed E-state index contributed by atoms with van der Waals surface area (Å²) in [6.07, 6.45) is -0.585. The van der Waals surface area contributed by atoms with Gasteiger partial charge in [0.25, 0.3) is 0 Å². The Morgan fingerprint density at radius 2 is 1.20 bits per heavy atom. The summed E-state index contributed by atoms with van der Waals surface area (Å²) in [7, 11) is -4.01. The smallest absolute Gasteiger partial charge is 0.306 e. The van der Waals surface area contributed by atoms with Crippen molar-refractivity contribution in [3.63, 3.8) is 0 Å². The van der Waals surface area contributed by atoms with Gasteiger partial charge in [-0.25, -0.2) is 0 Å². The molecule has 0 fully saturated rings. The van der Waals surface area contributed by atoms with Gasteiger partial charge in [0.1, 0.15) is 12.7 Å². The maximum absolute atomic E-state index is 12.3. The Balaban J connectivity index is 5.02. The number of carbonyl (C=O) groups is 2. The molecule has 7 nitrogen and oxygen atoms in total. The lowest BCUT2D eigenvalue weighted by molar-refractivity contribution is -0.156. The molecule has 0 atom stereocenters. The van der Waals surface area contributed by atoms with Crippen LogP contribution in [0.15, 0.2) is 0 Å². The fraction of sp³-hybridized carbons (Fsp3) is 0.905. The van der Waals surface area contributed by atoms with Crippen LogP contribution in [0.3, 0.4) is 0 Å². The molecule has 178 valence electrons. The third-order valence-electron chi connectivity index (χ3n) is 6.08. The van der Waals surface area contributed by atoms with E-state index >= 15 is 0 Å². The maximum atomic E-state index is 12.3. The molecule has 0 saturated heterocycles. The Labute approximate surface area is 185 Å². The van der Waals surface area contributed by atoms with Crippen LogP contribution >= 0.6 is 0 Å². The Kier molecular flexibility index (Phi) is 11.5. The summed E-state index contributed by atoms with van der Waals surface area (Å²) in [5.41, 5.74) is 5.31. The third-order valence-corrected chi connectivity index (χ3v) is 15.1. The highest BCUT2D eigenvalue weighted by Crippen LogP contribution is 2.38. The first-order valence-electron chi connectivity index (χ1n) is 10.8. The molecule has 9 heteroatoms. The van der Waals surface area contributed by atoms with E-state index in [4.69, 9.17) is 24.1 Å². The summed E-state index contributed by atoms with van der Waals surface area (Å²) < 4.78 is 23.1. The van der Waals surface area contributed by atoms with Crippen molar-refractivity contribution >= 4 is 28.6 Å². The van der Waals surface area contributed by atoms with E-state index in [9.17, 15) is 9.59 Å². The molecule has 0 amide bonds. The fourth-order valence-electron chi connectivity index (χ4n) is 1.85. The highest BCUT2D eigenvalue weighted by atomic mass is 28.4. The fourth-order valence-corrected chi connectivity index (χ4v) is 3.92. The second-order valence-electron chi connectivity index (χ2n) is 10.8. The molecular weight excluding hydrogens is 418 g/mol. The molecule has 0 aromatic heterocycles. The molecule has 0 unspecified atom stereocenters. The van der Waals surface area contributed by atoms with Crippen LogP contribution in [0.5, 0.6) is 0 Å². The lowest BCUT2D eigenvalue weighted by Gasteiger charge is -2.39. The van der Waals surface area contributed by atoms with Crippen LogP contribution in [0.2, 0.25) is 36.3 Å². The van der Waals surface area contributed by atoms with E-state index in [1.165, 1.54) is 0 Å². The molecule has 30 heavy (non-hydrogen) atoms. The van der Waals surface area contributed by atoms with Gasteiger partial charge in [0.2, 0.25) is 0 Å². The van der Waals surface area contributed by atoms with Crippen LogP contribution in [-0.4, -0.2) is 61.0 Å². The largest absolute Gasteiger partial charge is 0.464 e. The summed E-state index contributed by atoms with van der Waals surface area (Å²) in [6, 6.07) is 0. The van der Waals surface area contributed by atoms with Gasteiger partial charge in [-0.2, -0.15) is 0 Å². The van der Waals surface area contributed by atoms with Crippen molar-refractivity contribution in [1.82, 2.24) is 0 Å². The van der Waals surface area contributed by atoms with E-state index in [0.717, 1.165) is 0 Å². The van der Waals surface area contributed by atoms with Crippen molar-refractivity contribution in [2.45, 2.75) is 96.8 Å².